The molecule has 0 radical (unpaired) electrons. The average Bonchev–Trinajstić information content (AvgIpc) is 2.47. The van der Waals surface area contributed by atoms with Crippen molar-refractivity contribution in [1.29, 1.82) is 0 Å². The van der Waals surface area contributed by atoms with Gasteiger partial charge in [-0.1, -0.05) is 0 Å². The third-order valence-electron chi connectivity index (χ3n) is 5.36. The fraction of sp³-hybridized carbons (Fsp3) is 1.00. The van der Waals surface area contributed by atoms with Gasteiger partial charge in [0.1, 0.15) is 0 Å². The molecule has 0 atom stereocenters. The molecular formula is C20H45InN2. The van der Waals surface area contributed by atoms with Gasteiger partial charge in [0, 0.05) is 0 Å². The third-order valence-corrected chi connectivity index (χ3v) is 17.3. The van der Waals surface area contributed by atoms with Crippen molar-refractivity contribution in [2.24, 2.45) is 0 Å². The number of nitrogens with zero attached hydrogens (tertiary/aromatic N) is 2. The molecule has 138 valence electrons. The van der Waals surface area contributed by atoms with Crippen LogP contribution in [-0.4, -0.2) is 69.5 Å². The Morgan fingerprint density at radius 1 is 0.696 bits per heavy atom. The maximum absolute atomic E-state index is 2.68. The predicted molar refractivity (Wildman–Crippen MR) is 109 cm³/mol. The minimum atomic E-state index is -1.33. The van der Waals surface area contributed by atoms with E-state index in [-0.39, 0.29) is 0 Å². The van der Waals surface area contributed by atoms with Crippen molar-refractivity contribution in [3.63, 3.8) is 0 Å². The van der Waals surface area contributed by atoms with Crippen LogP contribution in [0.1, 0.15) is 74.7 Å². The Labute approximate surface area is 155 Å². The van der Waals surface area contributed by atoms with E-state index in [0.29, 0.717) is 12.1 Å². The summed E-state index contributed by atoms with van der Waals surface area (Å²) in [4.78, 5) is 5.31. The van der Waals surface area contributed by atoms with Gasteiger partial charge in [-0.2, -0.15) is 0 Å². The van der Waals surface area contributed by atoms with Crippen LogP contribution >= 0.6 is 0 Å². The molecule has 0 aliphatic rings. The van der Waals surface area contributed by atoms with E-state index in [9.17, 15) is 0 Å². The molecule has 2 nitrogen and oxygen atoms in total. The first-order valence-corrected chi connectivity index (χ1v) is 16.9. The molecule has 0 amide bonds. The zero-order valence-corrected chi connectivity index (χ0v) is 20.9. The first-order valence-electron chi connectivity index (χ1n) is 10.3. The van der Waals surface area contributed by atoms with Crippen LogP contribution in [0.15, 0.2) is 0 Å². The third kappa shape index (κ3) is 11.1. The van der Waals surface area contributed by atoms with Gasteiger partial charge in [0.25, 0.3) is 0 Å². The van der Waals surface area contributed by atoms with Gasteiger partial charge in [0.2, 0.25) is 0 Å². The van der Waals surface area contributed by atoms with Crippen molar-refractivity contribution in [3.8, 4) is 0 Å². The van der Waals surface area contributed by atoms with E-state index in [1.807, 2.05) is 0 Å². The van der Waals surface area contributed by atoms with Crippen LogP contribution in [-0.2, 0) is 0 Å². The SMILES string of the molecule is CCCN(CC[CH2][In]([CH2]CCN(CC)C(C)C)[CH](C)C)C(C)C. The standard InChI is InChI=1S/C9H20N.C8H18N.C3H7.In/c1-5-7-10(8-6-2)9(3)4;1-5-7-9(6-2)8(3)4;1-3-2;/h9H,1,5-8H2,2-4H3;8H,1,5-7H2,2-4H3;3H,1-2H3;. The summed E-state index contributed by atoms with van der Waals surface area (Å²) in [6.45, 7) is 24.1. The molecule has 0 aliphatic carbocycles. The summed E-state index contributed by atoms with van der Waals surface area (Å²) in [5.41, 5.74) is 0. The van der Waals surface area contributed by atoms with Crippen molar-refractivity contribution in [2.45, 2.75) is 98.8 Å². The second-order valence-electron chi connectivity index (χ2n) is 8.14. The van der Waals surface area contributed by atoms with Crippen molar-refractivity contribution in [2.75, 3.05) is 26.2 Å². The van der Waals surface area contributed by atoms with Crippen LogP contribution in [0.2, 0.25) is 12.0 Å². The molecule has 0 N–H and O–H groups in total. The Hall–Kier alpha value is 0.790. The van der Waals surface area contributed by atoms with Gasteiger partial charge in [-0.05, 0) is 0 Å². The maximum atomic E-state index is 2.68. The summed E-state index contributed by atoms with van der Waals surface area (Å²) in [6.07, 6.45) is 4.20. The quantitative estimate of drug-likeness (QED) is 0.359. The monoisotopic (exact) mass is 428 g/mol. The van der Waals surface area contributed by atoms with Crippen molar-refractivity contribution in [3.05, 3.63) is 0 Å². The number of hydrogen-bond donors (Lipinski definition) is 0. The summed E-state index contributed by atoms with van der Waals surface area (Å²) in [7, 11) is 0. The Kier molecular flexibility index (Phi) is 14.5. The van der Waals surface area contributed by atoms with E-state index in [0.717, 1.165) is 3.67 Å². The van der Waals surface area contributed by atoms with Crippen LogP contribution < -0.4 is 0 Å². The normalized spacial score (nSPS) is 12.4. The molecule has 0 rings (SSSR count). The van der Waals surface area contributed by atoms with E-state index in [1.54, 1.807) is 8.35 Å². The molecule has 0 spiro atoms. The van der Waals surface area contributed by atoms with Gasteiger partial charge in [-0.3, -0.25) is 0 Å². The van der Waals surface area contributed by atoms with Gasteiger partial charge < -0.3 is 0 Å². The second-order valence-corrected chi connectivity index (χ2v) is 19.6. The Balaban J connectivity index is 4.16. The zero-order valence-electron chi connectivity index (χ0n) is 17.6. The van der Waals surface area contributed by atoms with Crippen molar-refractivity contribution in [1.82, 2.24) is 9.80 Å². The van der Waals surface area contributed by atoms with E-state index in [2.05, 4.69) is 65.2 Å². The Bertz CT molecular complexity index is 266. The van der Waals surface area contributed by atoms with Crippen LogP contribution in [0.5, 0.6) is 0 Å². The average molecular weight is 428 g/mol. The fourth-order valence-corrected chi connectivity index (χ4v) is 12.3. The van der Waals surface area contributed by atoms with E-state index in [4.69, 9.17) is 0 Å². The van der Waals surface area contributed by atoms with Gasteiger partial charge >= 0.3 is 156 Å². The second kappa shape index (κ2) is 14.0. The van der Waals surface area contributed by atoms with Gasteiger partial charge in [-0.15, -0.1) is 0 Å². The summed E-state index contributed by atoms with van der Waals surface area (Å²) >= 11 is -1.33. The van der Waals surface area contributed by atoms with Crippen LogP contribution in [0.3, 0.4) is 0 Å². The first kappa shape index (κ1) is 23.8. The number of rotatable bonds is 14. The predicted octanol–water partition coefficient (Wildman–Crippen LogP) is 5.52. The molecule has 0 heterocycles. The topological polar surface area (TPSA) is 6.48 Å². The molecular weight excluding hydrogens is 383 g/mol. The first-order chi connectivity index (χ1) is 10.8. The summed E-state index contributed by atoms with van der Waals surface area (Å²) in [5.74, 6) is 0. The molecule has 0 saturated heterocycles. The summed E-state index contributed by atoms with van der Waals surface area (Å²) in [6, 6.07) is 1.42. The zero-order chi connectivity index (χ0) is 17.8. The van der Waals surface area contributed by atoms with Crippen molar-refractivity contribution < 1.29 is 0 Å². The fourth-order valence-electron chi connectivity index (χ4n) is 3.62. The Morgan fingerprint density at radius 3 is 1.52 bits per heavy atom. The molecule has 23 heavy (non-hydrogen) atoms. The summed E-state index contributed by atoms with van der Waals surface area (Å²) < 4.78 is 4.25. The molecule has 3 heteroatoms. The van der Waals surface area contributed by atoms with Crippen molar-refractivity contribution >= 4 is 21.4 Å². The van der Waals surface area contributed by atoms with E-state index >= 15 is 0 Å². The molecule has 0 aromatic heterocycles. The van der Waals surface area contributed by atoms with E-state index < -0.39 is 21.4 Å². The molecule has 0 aromatic carbocycles. The molecule has 0 bridgehead atoms. The molecule has 0 fully saturated rings. The minimum absolute atomic E-state index is 0.710. The Morgan fingerprint density at radius 2 is 1.17 bits per heavy atom. The number of hydrogen-bond acceptors (Lipinski definition) is 2. The van der Waals surface area contributed by atoms with Gasteiger partial charge in [-0.25, -0.2) is 0 Å². The van der Waals surface area contributed by atoms with E-state index in [1.165, 1.54) is 45.4 Å². The van der Waals surface area contributed by atoms with Gasteiger partial charge in [0.05, 0.1) is 0 Å². The van der Waals surface area contributed by atoms with Crippen LogP contribution in [0.4, 0.5) is 0 Å². The summed E-state index contributed by atoms with van der Waals surface area (Å²) in [5, 5.41) is 0. The molecule has 0 aliphatic heterocycles. The van der Waals surface area contributed by atoms with Crippen LogP contribution in [0.25, 0.3) is 0 Å². The molecule has 0 saturated carbocycles. The molecule has 0 unspecified atom stereocenters. The molecule has 0 aromatic rings. The van der Waals surface area contributed by atoms with Crippen LogP contribution in [0, 0.1) is 0 Å². The van der Waals surface area contributed by atoms with Gasteiger partial charge in [0.15, 0.2) is 0 Å².